The molecule has 0 spiro atoms. The summed E-state index contributed by atoms with van der Waals surface area (Å²) in [6.07, 6.45) is 0.932. The summed E-state index contributed by atoms with van der Waals surface area (Å²) < 4.78 is 10.7. The summed E-state index contributed by atoms with van der Waals surface area (Å²) in [5.41, 5.74) is 2.95. The van der Waals surface area contributed by atoms with Crippen LogP contribution in [0.25, 0.3) is 11.3 Å². The second-order valence-corrected chi connectivity index (χ2v) is 7.72. The van der Waals surface area contributed by atoms with Crippen molar-refractivity contribution in [2.75, 3.05) is 12.1 Å². The van der Waals surface area contributed by atoms with Gasteiger partial charge in [-0.2, -0.15) is 0 Å². The zero-order valence-corrected chi connectivity index (χ0v) is 15.4. The maximum atomic E-state index is 12.4. The number of carbonyl (C=O) groups is 1. The molecule has 0 fully saturated rings. The van der Waals surface area contributed by atoms with E-state index in [1.807, 2.05) is 36.6 Å². The maximum absolute atomic E-state index is 12.4. The second kappa shape index (κ2) is 6.50. The molecular weight excluding hydrogens is 356 g/mol. The Morgan fingerprint density at radius 2 is 2.12 bits per heavy atom. The molecule has 3 aromatic rings. The fourth-order valence-electron chi connectivity index (χ4n) is 2.66. The molecule has 0 saturated carbocycles. The average molecular weight is 372 g/mol. The van der Waals surface area contributed by atoms with Gasteiger partial charge in [-0.1, -0.05) is 6.92 Å². The Morgan fingerprint density at radius 1 is 1.28 bits per heavy atom. The summed E-state index contributed by atoms with van der Waals surface area (Å²) in [4.78, 5) is 18.8. The Labute approximate surface area is 153 Å². The maximum Gasteiger partial charge on any atom is 0.267 e. The third-order valence-corrected chi connectivity index (χ3v) is 5.87. The minimum atomic E-state index is -0.112. The number of rotatable bonds is 4. The van der Waals surface area contributed by atoms with Gasteiger partial charge in [0.1, 0.15) is 0 Å². The topological polar surface area (TPSA) is 60.5 Å². The summed E-state index contributed by atoms with van der Waals surface area (Å²) >= 11 is 2.92. The number of nitrogens with zero attached hydrogens (tertiary/aromatic N) is 1. The van der Waals surface area contributed by atoms with Crippen molar-refractivity contribution in [1.29, 1.82) is 0 Å². The van der Waals surface area contributed by atoms with Crippen molar-refractivity contribution < 1.29 is 14.3 Å². The summed E-state index contributed by atoms with van der Waals surface area (Å²) in [6, 6.07) is 7.67. The van der Waals surface area contributed by atoms with E-state index in [9.17, 15) is 4.79 Å². The number of aryl methyl sites for hydroxylation is 2. The number of ether oxygens (including phenoxy) is 2. The van der Waals surface area contributed by atoms with Crippen molar-refractivity contribution in [2.45, 2.75) is 20.3 Å². The Hall–Kier alpha value is -2.38. The average Bonchev–Trinajstić information content (AvgIpc) is 3.32. The predicted octanol–water partition coefficient (Wildman–Crippen LogP) is 4.72. The van der Waals surface area contributed by atoms with E-state index in [0.717, 1.165) is 29.2 Å². The number of hydrogen-bond donors (Lipinski definition) is 1. The highest BCUT2D eigenvalue weighted by atomic mass is 32.1. The number of amides is 1. The van der Waals surface area contributed by atoms with Crippen molar-refractivity contribution in [3.05, 3.63) is 45.0 Å². The summed E-state index contributed by atoms with van der Waals surface area (Å²) in [5.74, 6) is 1.35. The van der Waals surface area contributed by atoms with Crippen LogP contribution < -0.4 is 14.8 Å². The van der Waals surface area contributed by atoms with Gasteiger partial charge in [-0.3, -0.25) is 10.1 Å². The van der Waals surface area contributed by atoms with E-state index in [4.69, 9.17) is 9.47 Å². The molecule has 5 nitrogen and oxygen atoms in total. The molecule has 1 aliphatic heterocycles. The first-order chi connectivity index (χ1) is 12.1. The minimum Gasteiger partial charge on any atom is -0.454 e. The van der Waals surface area contributed by atoms with Crippen LogP contribution >= 0.6 is 22.7 Å². The van der Waals surface area contributed by atoms with Crippen LogP contribution in [0, 0.1) is 6.92 Å². The van der Waals surface area contributed by atoms with Gasteiger partial charge in [-0.05, 0) is 43.2 Å². The van der Waals surface area contributed by atoms with Gasteiger partial charge in [0.15, 0.2) is 16.6 Å². The standard InChI is InChI=1S/C18H16N2O3S2/c1-3-11-7-16(25-10(11)2)17(21)20-18-19-13(8-24-18)12-4-5-14-15(6-12)23-9-22-14/h4-8H,3,9H2,1-2H3,(H,19,20,21). The molecule has 1 aromatic carbocycles. The molecule has 0 bridgehead atoms. The van der Waals surface area contributed by atoms with E-state index in [-0.39, 0.29) is 12.7 Å². The lowest BCUT2D eigenvalue weighted by atomic mass is 10.1. The fraction of sp³-hybridized carbons (Fsp3) is 0.222. The number of benzene rings is 1. The van der Waals surface area contributed by atoms with Gasteiger partial charge in [-0.25, -0.2) is 4.98 Å². The summed E-state index contributed by atoms with van der Waals surface area (Å²) in [5, 5.41) is 5.39. The number of nitrogens with one attached hydrogen (secondary N) is 1. The van der Waals surface area contributed by atoms with E-state index in [1.54, 1.807) is 0 Å². The second-order valence-electron chi connectivity index (χ2n) is 5.61. The number of anilines is 1. The van der Waals surface area contributed by atoms with Crippen LogP contribution in [0.5, 0.6) is 11.5 Å². The number of carbonyl (C=O) groups excluding carboxylic acids is 1. The van der Waals surface area contributed by atoms with Crippen molar-refractivity contribution >= 4 is 33.7 Å². The van der Waals surface area contributed by atoms with E-state index in [2.05, 4.69) is 17.2 Å². The minimum absolute atomic E-state index is 0.112. The normalized spacial score (nSPS) is 12.4. The van der Waals surface area contributed by atoms with Crippen molar-refractivity contribution in [2.24, 2.45) is 0 Å². The lowest BCUT2D eigenvalue weighted by Crippen LogP contribution is -2.09. The number of hydrogen-bond acceptors (Lipinski definition) is 6. The first-order valence-electron chi connectivity index (χ1n) is 7.90. The van der Waals surface area contributed by atoms with Gasteiger partial charge in [0, 0.05) is 15.8 Å². The Morgan fingerprint density at radius 3 is 2.92 bits per heavy atom. The monoisotopic (exact) mass is 372 g/mol. The zero-order valence-electron chi connectivity index (χ0n) is 13.8. The molecular formula is C18H16N2O3S2. The van der Waals surface area contributed by atoms with Crippen LogP contribution in [0.15, 0.2) is 29.6 Å². The molecule has 3 heterocycles. The van der Waals surface area contributed by atoms with E-state index in [0.29, 0.717) is 10.0 Å². The van der Waals surface area contributed by atoms with Crippen molar-refractivity contribution in [3.63, 3.8) is 0 Å². The molecule has 4 rings (SSSR count). The molecule has 25 heavy (non-hydrogen) atoms. The van der Waals surface area contributed by atoms with E-state index in [1.165, 1.54) is 33.1 Å². The van der Waals surface area contributed by atoms with Crippen LogP contribution in [0.2, 0.25) is 0 Å². The van der Waals surface area contributed by atoms with Gasteiger partial charge < -0.3 is 9.47 Å². The third kappa shape index (κ3) is 3.12. The first-order valence-corrected chi connectivity index (χ1v) is 9.60. The quantitative estimate of drug-likeness (QED) is 0.720. The highest BCUT2D eigenvalue weighted by Crippen LogP contribution is 2.36. The van der Waals surface area contributed by atoms with Crippen LogP contribution in [0.3, 0.4) is 0 Å². The molecule has 1 amide bonds. The molecule has 2 aromatic heterocycles. The van der Waals surface area contributed by atoms with Gasteiger partial charge in [0.25, 0.3) is 5.91 Å². The molecule has 7 heteroatoms. The Kier molecular flexibility index (Phi) is 4.19. The summed E-state index contributed by atoms with van der Waals surface area (Å²) in [6.45, 7) is 4.38. The lowest BCUT2D eigenvalue weighted by molar-refractivity contribution is 0.103. The Bertz CT molecular complexity index is 946. The van der Waals surface area contributed by atoms with Crippen LogP contribution in [-0.2, 0) is 6.42 Å². The fourth-order valence-corrected chi connectivity index (χ4v) is 4.38. The Balaban J connectivity index is 1.52. The molecule has 0 radical (unpaired) electrons. The number of thiazole rings is 1. The summed E-state index contributed by atoms with van der Waals surface area (Å²) in [7, 11) is 0. The smallest absolute Gasteiger partial charge is 0.267 e. The van der Waals surface area contributed by atoms with Gasteiger partial charge >= 0.3 is 0 Å². The van der Waals surface area contributed by atoms with Gasteiger partial charge in [-0.15, -0.1) is 22.7 Å². The predicted molar refractivity (Wildman–Crippen MR) is 100 cm³/mol. The molecule has 0 saturated heterocycles. The SMILES string of the molecule is CCc1cc(C(=O)Nc2nc(-c3ccc4c(c3)OCO4)cs2)sc1C. The van der Waals surface area contributed by atoms with E-state index < -0.39 is 0 Å². The molecule has 0 atom stereocenters. The number of fused-ring (bicyclic) bond motifs is 1. The lowest BCUT2D eigenvalue weighted by Gasteiger charge is -2.00. The van der Waals surface area contributed by atoms with Crippen LogP contribution in [-0.4, -0.2) is 17.7 Å². The number of aromatic nitrogens is 1. The highest BCUT2D eigenvalue weighted by molar-refractivity contribution is 7.15. The largest absolute Gasteiger partial charge is 0.454 e. The molecule has 1 N–H and O–H groups in total. The highest BCUT2D eigenvalue weighted by Gasteiger charge is 2.17. The van der Waals surface area contributed by atoms with Gasteiger partial charge in [0.2, 0.25) is 6.79 Å². The third-order valence-electron chi connectivity index (χ3n) is 4.02. The molecule has 0 aliphatic carbocycles. The molecule has 0 unspecified atom stereocenters. The first kappa shape index (κ1) is 16.1. The van der Waals surface area contributed by atoms with Gasteiger partial charge in [0.05, 0.1) is 10.6 Å². The molecule has 128 valence electrons. The zero-order chi connectivity index (χ0) is 17.4. The van der Waals surface area contributed by atoms with E-state index >= 15 is 0 Å². The van der Waals surface area contributed by atoms with Crippen LogP contribution in [0.4, 0.5) is 5.13 Å². The van der Waals surface area contributed by atoms with Crippen molar-refractivity contribution in [1.82, 2.24) is 4.98 Å². The number of thiophene rings is 1. The van der Waals surface area contributed by atoms with Crippen molar-refractivity contribution in [3.8, 4) is 22.8 Å². The molecule has 1 aliphatic rings. The van der Waals surface area contributed by atoms with Crippen LogP contribution in [0.1, 0.15) is 27.0 Å².